The lowest BCUT2D eigenvalue weighted by molar-refractivity contribution is 0.131. The second-order valence-electron chi connectivity index (χ2n) is 6.94. The lowest BCUT2D eigenvalue weighted by atomic mass is 10.0. The molecule has 0 aromatic heterocycles. The minimum atomic E-state index is 0.265. The molecule has 108 valence electrons. The molecular formula is C15H33N3. The van der Waals surface area contributed by atoms with Gasteiger partial charge in [-0.3, -0.25) is 0 Å². The molecule has 1 unspecified atom stereocenters. The Kier molecular flexibility index (Phi) is 6.61. The summed E-state index contributed by atoms with van der Waals surface area (Å²) in [6, 6.07) is 0.770. The number of piperidine rings is 1. The molecule has 0 aromatic carbocycles. The third kappa shape index (κ3) is 6.72. The van der Waals surface area contributed by atoms with Crippen molar-refractivity contribution in [3.05, 3.63) is 0 Å². The quantitative estimate of drug-likeness (QED) is 0.734. The van der Waals surface area contributed by atoms with Crippen molar-refractivity contribution in [2.75, 3.05) is 40.3 Å². The average molecular weight is 255 g/mol. The van der Waals surface area contributed by atoms with E-state index in [0.29, 0.717) is 0 Å². The maximum absolute atomic E-state index is 3.56. The van der Waals surface area contributed by atoms with E-state index in [0.717, 1.165) is 12.6 Å². The maximum atomic E-state index is 3.56. The molecule has 1 N–H and O–H groups in total. The largest absolute Gasteiger partial charge is 0.312 e. The van der Waals surface area contributed by atoms with E-state index in [4.69, 9.17) is 0 Å². The van der Waals surface area contributed by atoms with Crippen LogP contribution in [0.25, 0.3) is 0 Å². The second kappa shape index (κ2) is 7.46. The normalized spacial score (nSPS) is 22.7. The zero-order valence-corrected chi connectivity index (χ0v) is 13.1. The third-order valence-electron chi connectivity index (χ3n) is 3.77. The summed E-state index contributed by atoms with van der Waals surface area (Å²) >= 11 is 0. The highest BCUT2D eigenvalue weighted by Gasteiger charge is 2.20. The van der Waals surface area contributed by atoms with Crippen LogP contribution in [0.2, 0.25) is 0 Å². The predicted octanol–water partition coefficient (Wildman–Crippen LogP) is 2.18. The molecule has 0 bridgehead atoms. The molecule has 1 aliphatic rings. The molecule has 3 nitrogen and oxygen atoms in total. The van der Waals surface area contributed by atoms with Crippen molar-refractivity contribution < 1.29 is 0 Å². The number of unbranched alkanes of at least 4 members (excludes halogenated alkanes) is 1. The van der Waals surface area contributed by atoms with Crippen molar-refractivity contribution in [2.45, 2.75) is 58.0 Å². The van der Waals surface area contributed by atoms with Crippen molar-refractivity contribution in [1.82, 2.24) is 15.1 Å². The molecule has 18 heavy (non-hydrogen) atoms. The lowest BCUT2D eigenvalue weighted by Gasteiger charge is -2.36. The van der Waals surface area contributed by atoms with Crippen LogP contribution in [0.3, 0.4) is 0 Å². The maximum Gasteiger partial charge on any atom is 0.0217 e. The molecule has 1 aliphatic heterocycles. The van der Waals surface area contributed by atoms with Crippen LogP contribution < -0.4 is 5.32 Å². The zero-order chi connectivity index (χ0) is 13.6. The molecule has 1 rings (SSSR count). The number of likely N-dealkylation sites (N-methyl/N-ethyl adjacent to an activating group) is 1. The van der Waals surface area contributed by atoms with Gasteiger partial charge < -0.3 is 15.1 Å². The summed E-state index contributed by atoms with van der Waals surface area (Å²) in [6.07, 6.45) is 5.35. The van der Waals surface area contributed by atoms with Crippen molar-refractivity contribution >= 4 is 0 Å². The third-order valence-corrected chi connectivity index (χ3v) is 3.77. The zero-order valence-electron chi connectivity index (χ0n) is 13.1. The molecule has 0 radical (unpaired) electrons. The molecule has 1 fully saturated rings. The second-order valence-corrected chi connectivity index (χ2v) is 6.94. The predicted molar refractivity (Wildman–Crippen MR) is 80.1 cm³/mol. The van der Waals surface area contributed by atoms with Gasteiger partial charge in [-0.2, -0.15) is 0 Å². The summed E-state index contributed by atoms with van der Waals surface area (Å²) in [5.74, 6) is 0. The average Bonchev–Trinajstić information content (AvgIpc) is 2.27. The summed E-state index contributed by atoms with van der Waals surface area (Å²) in [7, 11) is 4.42. The first-order valence-electron chi connectivity index (χ1n) is 7.52. The highest BCUT2D eigenvalue weighted by Crippen LogP contribution is 2.14. The monoisotopic (exact) mass is 255 g/mol. The first-order valence-corrected chi connectivity index (χ1v) is 7.52. The van der Waals surface area contributed by atoms with Gasteiger partial charge in [-0.15, -0.1) is 0 Å². The van der Waals surface area contributed by atoms with Gasteiger partial charge in [0.15, 0.2) is 0 Å². The van der Waals surface area contributed by atoms with Crippen molar-refractivity contribution in [2.24, 2.45) is 0 Å². The molecule has 0 spiro atoms. The van der Waals surface area contributed by atoms with Crippen molar-refractivity contribution in [1.29, 1.82) is 0 Å². The number of likely N-dealkylation sites (tertiary alicyclic amines) is 1. The van der Waals surface area contributed by atoms with Gasteiger partial charge in [0.25, 0.3) is 0 Å². The van der Waals surface area contributed by atoms with E-state index in [9.17, 15) is 0 Å². The van der Waals surface area contributed by atoms with Crippen LogP contribution >= 0.6 is 0 Å². The van der Waals surface area contributed by atoms with Crippen LogP contribution in [-0.4, -0.2) is 61.7 Å². The van der Waals surface area contributed by atoms with Gasteiger partial charge in [0.05, 0.1) is 0 Å². The Morgan fingerprint density at radius 1 is 1.22 bits per heavy atom. The van der Waals surface area contributed by atoms with Crippen molar-refractivity contribution in [3.8, 4) is 0 Å². The number of rotatable bonds is 6. The first kappa shape index (κ1) is 15.9. The van der Waals surface area contributed by atoms with E-state index >= 15 is 0 Å². The van der Waals surface area contributed by atoms with Gasteiger partial charge in [-0.05, 0) is 80.2 Å². The Hall–Kier alpha value is -0.120. The summed E-state index contributed by atoms with van der Waals surface area (Å²) in [6.45, 7) is 11.7. The minimum Gasteiger partial charge on any atom is -0.312 e. The topological polar surface area (TPSA) is 18.5 Å². The Bertz CT molecular complexity index is 220. The minimum absolute atomic E-state index is 0.265. The van der Waals surface area contributed by atoms with E-state index in [1.165, 1.54) is 45.3 Å². The van der Waals surface area contributed by atoms with Crippen LogP contribution in [-0.2, 0) is 0 Å². The Labute approximate surface area is 114 Å². The first-order chi connectivity index (χ1) is 8.38. The summed E-state index contributed by atoms with van der Waals surface area (Å²) in [5, 5.41) is 3.56. The molecule has 0 amide bonds. The fourth-order valence-corrected chi connectivity index (χ4v) is 2.58. The molecule has 3 heteroatoms. The molecule has 0 aromatic rings. The molecule has 1 heterocycles. The Morgan fingerprint density at radius 3 is 2.56 bits per heavy atom. The van der Waals surface area contributed by atoms with E-state index in [-0.39, 0.29) is 5.54 Å². The van der Waals surface area contributed by atoms with E-state index in [2.05, 4.69) is 50.0 Å². The van der Waals surface area contributed by atoms with E-state index < -0.39 is 0 Å². The number of hydrogen-bond donors (Lipinski definition) is 1. The molecule has 1 atom stereocenters. The van der Waals surface area contributed by atoms with Gasteiger partial charge in [0.2, 0.25) is 0 Å². The molecule has 0 saturated carbocycles. The van der Waals surface area contributed by atoms with Gasteiger partial charge in [-0.25, -0.2) is 0 Å². The van der Waals surface area contributed by atoms with Gasteiger partial charge in [-0.1, -0.05) is 0 Å². The number of nitrogens with zero attached hydrogens (tertiary/aromatic N) is 2. The smallest absolute Gasteiger partial charge is 0.0217 e. The standard InChI is InChI=1S/C15H33N3/c1-15(2,3)16-10-6-7-11-18-12-8-9-14(13-18)17(4)5/h14,16H,6-13H2,1-5H3. The number of hydrogen-bond acceptors (Lipinski definition) is 3. The Balaban J connectivity index is 2.08. The lowest BCUT2D eigenvalue weighted by Crippen LogP contribution is -2.45. The van der Waals surface area contributed by atoms with Crippen LogP contribution in [0.5, 0.6) is 0 Å². The molecule has 0 aliphatic carbocycles. The highest BCUT2D eigenvalue weighted by atomic mass is 15.2. The SMILES string of the molecule is CN(C)C1CCCN(CCCCNC(C)(C)C)C1. The summed E-state index contributed by atoms with van der Waals surface area (Å²) in [5.41, 5.74) is 0.265. The number of nitrogens with one attached hydrogen (secondary N) is 1. The molecular weight excluding hydrogens is 222 g/mol. The fourth-order valence-electron chi connectivity index (χ4n) is 2.58. The van der Waals surface area contributed by atoms with E-state index in [1.54, 1.807) is 0 Å². The van der Waals surface area contributed by atoms with Gasteiger partial charge in [0, 0.05) is 18.1 Å². The highest BCUT2D eigenvalue weighted by molar-refractivity contribution is 4.78. The summed E-state index contributed by atoms with van der Waals surface area (Å²) in [4.78, 5) is 5.03. The fraction of sp³-hybridized carbons (Fsp3) is 1.00. The summed E-state index contributed by atoms with van der Waals surface area (Å²) < 4.78 is 0. The Morgan fingerprint density at radius 2 is 1.94 bits per heavy atom. The van der Waals surface area contributed by atoms with Crippen LogP contribution in [0, 0.1) is 0 Å². The van der Waals surface area contributed by atoms with Crippen LogP contribution in [0.15, 0.2) is 0 Å². The van der Waals surface area contributed by atoms with Gasteiger partial charge in [0.1, 0.15) is 0 Å². The van der Waals surface area contributed by atoms with Crippen LogP contribution in [0.1, 0.15) is 46.5 Å². The van der Waals surface area contributed by atoms with Crippen molar-refractivity contribution in [3.63, 3.8) is 0 Å². The van der Waals surface area contributed by atoms with Crippen LogP contribution in [0.4, 0.5) is 0 Å². The van der Waals surface area contributed by atoms with E-state index in [1.807, 2.05) is 0 Å². The van der Waals surface area contributed by atoms with Gasteiger partial charge >= 0.3 is 0 Å². The molecule has 1 saturated heterocycles.